The highest BCUT2D eigenvalue weighted by molar-refractivity contribution is 9.10. The van der Waals surface area contributed by atoms with Gasteiger partial charge in [0.1, 0.15) is 12.7 Å². The van der Waals surface area contributed by atoms with Gasteiger partial charge in [-0.1, -0.05) is 0 Å². The SMILES string of the molecule is Nc1cc(C(=O)OCC(O)CO)ccc1Br. The van der Waals surface area contributed by atoms with E-state index in [1.165, 1.54) is 6.07 Å². The van der Waals surface area contributed by atoms with Gasteiger partial charge in [0.2, 0.25) is 0 Å². The molecule has 0 amide bonds. The molecular weight excluding hydrogens is 278 g/mol. The fourth-order valence-electron chi connectivity index (χ4n) is 0.979. The number of aliphatic hydroxyl groups is 2. The summed E-state index contributed by atoms with van der Waals surface area (Å²) >= 11 is 3.20. The molecule has 4 N–H and O–H groups in total. The monoisotopic (exact) mass is 289 g/mol. The molecule has 1 atom stereocenters. The normalized spacial score (nSPS) is 12.2. The number of nitrogen functional groups attached to an aromatic ring is 1. The Balaban J connectivity index is 2.63. The van der Waals surface area contributed by atoms with Crippen molar-refractivity contribution in [1.82, 2.24) is 0 Å². The molecule has 0 radical (unpaired) electrons. The topological polar surface area (TPSA) is 92.8 Å². The minimum atomic E-state index is -1.06. The number of aliphatic hydroxyl groups excluding tert-OH is 2. The van der Waals surface area contributed by atoms with E-state index in [1.54, 1.807) is 12.1 Å². The molecule has 0 spiro atoms. The van der Waals surface area contributed by atoms with Crippen molar-refractivity contribution in [3.63, 3.8) is 0 Å². The molecule has 0 fully saturated rings. The first kappa shape index (κ1) is 13.0. The fourth-order valence-corrected chi connectivity index (χ4v) is 1.23. The lowest BCUT2D eigenvalue weighted by Crippen LogP contribution is -2.22. The summed E-state index contributed by atoms with van der Waals surface area (Å²) in [5.41, 5.74) is 6.32. The van der Waals surface area contributed by atoms with Crippen molar-refractivity contribution in [2.75, 3.05) is 18.9 Å². The Morgan fingerprint density at radius 1 is 1.56 bits per heavy atom. The van der Waals surface area contributed by atoms with Gasteiger partial charge in [-0.25, -0.2) is 4.79 Å². The standard InChI is InChI=1S/C10H12BrNO4/c11-8-2-1-6(3-9(8)12)10(15)16-5-7(14)4-13/h1-3,7,13-14H,4-5,12H2. The van der Waals surface area contributed by atoms with Gasteiger partial charge in [-0.15, -0.1) is 0 Å². The largest absolute Gasteiger partial charge is 0.459 e. The highest BCUT2D eigenvalue weighted by Gasteiger charge is 2.11. The van der Waals surface area contributed by atoms with Gasteiger partial charge in [0.15, 0.2) is 0 Å². The van der Waals surface area contributed by atoms with E-state index in [0.717, 1.165) is 0 Å². The van der Waals surface area contributed by atoms with E-state index in [9.17, 15) is 4.79 Å². The van der Waals surface area contributed by atoms with E-state index in [-0.39, 0.29) is 6.61 Å². The summed E-state index contributed by atoms with van der Waals surface area (Å²) in [6.45, 7) is -0.693. The number of halogens is 1. The van der Waals surface area contributed by atoms with E-state index in [4.69, 9.17) is 20.7 Å². The number of anilines is 1. The van der Waals surface area contributed by atoms with Crippen LogP contribution in [0.15, 0.2) is 22.7 Å². The third-order valence-corrected chi connectivity index (χ3v) is 2.57. The first-order valence-electron chi connectivity index (χ1n) is 4.55. The number of nitrogens with two attached hydrogens (primary N) is 1. The van der Waals surface area contributed by atoms with Crippen LogP contribution in [0.2, 0.25) is 0 Å². The van der Waals surface area contributed by atoms with Gasteiger partial charge in [-0.3, -0.25) is 0 Å². The van der Waals surface area contributed by atoms with E-state index in [2.05, 4.69) is 15.9 Å². The third kappa shape index (κ3) is 3.48. The quantitative estimate of drug-likeness (QED) is 0.556. The summed E-state index contributed by atoms with van der Waals surface area (Å²) < 4.78 is 5.45. The second-order valence-corrected chi connectivity index (χ2v) is 4.03. The predicted molar refractivity (Wildman–Crippen MR) is 61.9 cm³/mol. The maximum atomic E-state index is 11.4. The maximum absolute atomic E-state index is 11.4. The summed E-state index contributed by atoms with van der Waals surface area (Å²) in [5.74, 6) is -0.591. The summed E-state index contributed by atoms with van der Waals surface area (Å²) in [6.07, 6.45) is -1.06. The molecule has 16 heavy (non-hydrogen) atoms. The summed E-state index contributed by atoms with van der Waals surface area (Å²) in [7, 11) is 0. The van der Waals surface area contributed by atoms with Crippen LogP contribution in [0.3, 0.4) is 0 Å². The Morgan fingerprint density at radius 2 is 2.25 bits per heavy atom. The minimum Gasteiger partial charge on any atom is -0.459 e. The van der Waals surface area contributed by atoms with Crippen molar-refractivity contribution in [1.29, 1.82) is 0 Å². The first-order chi connectivity index (χ1) is 7.54. The first-order valence-corrected chi connectivity index (χ1v) is 5.35. The molecular formula is C10H12BrNO4. The van der Waals surface area contributed by atoms with Gasteiger partial charge in [0, 0.05) is 10.2 Å². The van der Waals surface area contributed by atoms with Gasteiger partial charge in [-0.05, 0) is 34.1 Å². The lowest BCUT2D eigenvalue weighted by atomic mass is 10.2. The highest BCUT2D eigenvalue weighted by atomic mass is 79.9. The number of esters is 1. The van der Waals surface area contributed by atoms with Gasteiger partial charge >= 0.3 is 5.97 Å². The number of rotatable bonds is 4. The van der Waals surface area contributed by atoms with Crippen LogP contribution in [0, 0.1) is 0 Å². The molecule has 88 valence electrons. The Morgan fingerprint density at radius 3 is 2.81 bits per heavy atom. The zero-order chi connectivity index (χ0) is 12.1. The van der Waals surface area contributed by atoms with Crippen molar-refractivity contribution >= 4 is 27.6 Å². The van der Waals surface area contributed by atoms with Crippen molar-refractivity contribution in [2.24, 2.45) is 0 Å². The number of hydrogen-bond acceptors (Lipinski definition) is 5. The second-order valence-electron chi connectivity index (χ2n) is 3.17. The number of ether oxygens (including phenoxy) is 1. The molecule has 0 bridgehead atoms. The Labute approximate surface area is 101 Å². The summed E-state index contributed by atoms with van der Waals surface area (Å²) in [6, 6.07) is 4.65. The molecule has 1 rings (SSSR count). The van der Waals surface area contributed by atoms with Crippen molar-refractivity contribution in [2.45, 2.75) is 6.10 Å². The van der Waals surface area contributed by atoms with Crippen molar-refractivity contribution in [3.8, 4) is 0 Å². The summed E-state index contributed by atoms with van der Waals surface area (Å²) in [5, 5.41) is 17.5. The number of benzene rings is 1. The molecule has 0 aliphatic rings. The Kier molecular flexibility index (Phi) is 4.72. The summed E-state index contributed by atoms with van der Waals surface area (Å²) in [4.78, 5) is 11.4. The molecule has 0 aliphatic heterocycles. The fraction of sp³-hybridized carbons (Fsp3) is 0.300. The molecule has 1 aromatic rings. The number of carbonyl (C=O) groups is 1. The zero-order valence-electron chi connectivity index (χ0n) is 8.39. The van der Waals surface area contributed by atoms with Crippen LogP contribution in [0.5, 0.6) is 0 Å². The molecule has 0 heterocycles. The molecule has 0 saturated carbocycles. The predicted octanol–water partition coefficient (Wildman–Crippen LogP) is 0.541. The van der Waals surface area contributed by atoms with Gasteiger partial charge in [0.25, 0.3) is 0 Å². The van der Waals surface area contributed by atoms with Crippen LogP contribution in [-0.4, -0.2) is 35.5 Å². The lowest BCUT2D eigenvalue weighted by Gasteiger charge is -2.09. The molecule has 5 nitrogen and oxygen atoms in total. The maximum Gasteiger partial charge on any atom is 0.338 e. The molecule has 1 unspecified atom stereocenters. The van der Waals surface area contributed by atoms with Gasteiger partial charge < -0.3 is 20.7 Å². The minimum absolute atomic E-state index is 0.245. The molecule has 0 aromatic heterocycles. The van der Waals surface area contributed by atoms with E-state index in [0.29, 0.717) is 15.7 Å². The van der Waals surface area contributed by atoms with Crippen LogP contribution in [-0.2, 0) is 4.74 Å². The second kappa shape index (κ2) is 5.83. The van der Waals surface area contributed by atoms with Crippen LogP contribution in [0.4, 0.5) is 5.69 Å². The van der Waals surface area contributed by atoms with Crippen molar-refractivity contribution < 1.29 is 19.7 Å². The lowest BCUT2D eigenvalue weighted by molar-refractivity contribution is 0.00933. The van der Waals surface area contributed by atoms with Gasteiger partial charge in [0.05, 0.1) is 12.2 Å². The third-order valence-electron chi connectivity index (χ3n) is 1.85. The van der Waals surface area contributed by atoms with Gasteiger partial charge in [-0.2, -0.15) is 0 Å². The molecule has 6 heteroatoms. The smallest absolute Gasteiger partial charge is 0.338 e. The average molecular weight is 290 g/mol. The number of carbonyl (C=O) groups excluding carboxylic acids is 1. The Bertz CT molecular complexity index is 383. The molecule has 0 saturated heterocycles. The zero-order valence-corrected chi connectivity index (χ0v) is 9.98. The van der Waals surface area contributed by atoms with E-state index < -0.39 is 18.7 Å². The molecule has 1 aromatic carbocycles. The van der Waals surface area contributed by atoms with Crippen LogP contribution >= 0.6 is 15.9 Å². The van der Waals surface area contributed by atoms with Crippen LogP contribution in [0.25, 0.3) is 0 Å². The van der Waals surface area contributed by atoms with Crippen molar-refractivity contribution in [3.05, 3.63) is 28.2 Å². The average Bonchev–Trinajstić information content (AvgIpc) is 2.29. The van der Waals surface area contributed by atoms with E-state index >= 15 is 0 Å². The van der Waals surface area contributed by atoms with E-state index in [1.807, 2.05) is 0 Å². The highest BCUT2D eigenvalue weighted by Crippen LogP contribution is 2.20. The molecule has 0 aliphatic carbocycles. The Hall–Kier alpha value is -1.11. The van der Waals surface area contributed by atoms with Crippen LogP contribution in [0.1, 0.15) is 10.4 Å². The van der Waals surface area contributed by atoms with Crippen LogP contribution < -0.4 is 5.73 Å². The number of hydrogen-bond donors (Lipinski definition) is 3.